The van der Waals surface area contributed by atoms with Crippen molar-refractivity contribution in [3.05, 3.63) is 115 Å². The van der Waals surface area contributed by atoms with Gasteiger partial charge in [-0.15, -0.1) is 0 Å². The van der Waals surface area contributed by atoms with Crippen LogP contribution in [0.4, 0.5) is 17.1 Å². The molecule has 0 spiro atoms. The van der Waals surface area contributed by atoms with Crippen LogP contribution in [0.15, 0.2) is 77.2 Å². The van der Waals surface area contributed by atoms with Gasteiger partial charge in [0.25, 0.3) is 17.3 Å². The Balaban J connectivity index is 1.45. The Morgan fingerprint density at radius 3 is 2.27 bits per heavy atom. The first kappa shape index (κ1) is 25.5. The molecular formula is C24H15Cl2N3O8. The summed E-state index contributed by atoms with van der Waals surface area (Å²) in [6.45, 7) is -0.0399. The van der Waals surface area contributed by atoms with Crippen LogP contribution in [0.3, 0.4) is 0 Å². The average molecular weight is 544 g/mol. The number of nitro groups is 2. The molecule has 11 nitrogen and oxygen atoms in total. The van der Waals surface area contributed by atoms with E-state index in [0.717, 1.165) is 6.07 Å². The SMILES string of the molecule is O=C(Nc1cc(Oc2ccc(Cl)cc2Cl)cc([N+](=O)[O-])c1)c1ccc(COc2ccc([N+](=O)[O-])cc2)o1. The number of anilines is 1. The largest absolute Gasteiger partial charge is 0.486 e. The van der Waals surface area contributed by atoms with Crippen LogP contribution < -0.4 is 14.8 Å². The number of nitro benzene ring substituents is 2. The number of non-ortho nitro benzene ring substituents is 2. The van der Waals surface area contributed by atoms with E-state index in [1.54, 1.807) is 6.07 Å². The second-order valence-corrected chi connectivity index (χ2v) is 8.25. The highest BCUT2D eigenvalue weighted by molar-refractivity contribution is 6.35. The number of rotatable bonds is 9. The predicted octanol–water partition coefficient (Wildman–Crippen LogP) is 7.03. The summed E-state index contributed by atoms with van der Waals surface area (Å²) in [6, 6.07) is 16.6. The number of furan rings is 1. The molecule has 1 aromatic heterocycles. The molecule has 1 amide bonds. The Labute approximate surface area is 218 Å². The Kier molecular flexibility index (Phi) is 7.56. The lowest BCUT2D eigenvalue weighted by molar-refractivity contribution is -0.385. The van der Waals surface area contributed by atoms with Gasteiger partial charge >= 0.3 is 0 Å². The number of hydrogen-bond donors (Lipinski definition) is 1. The minimum absolute atomic E-state index is 0.0399. The van der Waals surface area contributed by atoms with E-state index in [4.69, 9.17) is 37.1 Å². The number of ether oxygens (including phenoxy) is 2. The maximum absolute atomic E-state index is 12.7. The maximum atomic E-state index is 12.7. The summed E-state index contributed by atoms with van der Waals surface area (Å²) >= 11 is 12.0. The Morgan fingerprint density at radius 2 is 1.59 bits per heavy atom. The molecule has 0 fully saturated rings. The van der Waals surface area contributed by atoms with Gasteiger partial charge in [0, 0.05) is 29.3 Å². The number of hydrogen-bond acceptors (Lipinski definition) is 8. The third-order valence-corrected chi connectivity index (χ3v) is 5.33. The third-order valence-electron chi connectivity index (χ3n) is 4.80. The van der Waals surface area contributed by atoms with Crippen molar-refractivity contribution in [1.82, 2.24) is 0 Å². The predicted molar refractivity (Wildman–Crippen MR) is 134 cm³/mol. The fourth-order valence-electron chi connectivity index (χ4n) is 3.09. The quantitative estimate of drug-likeness (QED) is 0.175. The zero-order valence-electron chi connectivity index (χ0n) is 18.6. The second kappa shape index (κ2) is 11.0. The molecule has 0 atom stereocenters. The number of benzene rings is 3. The number of carbonyl (C=O) groups excluding carboxylic acids is 1. The molecule has 0 saturated heterocycles. The van der Waals surface area contributed by atoms with Gasteiger partial charge in [0.1, 0.15) is 29.6 Å². The van der Waals surface area contributed by atoms with Gasteiger partial charge in [0.15, 0.2) is 5.76 Å². The average Bonchev–Trinajstić information content (AvgIpc) is 3.34. The highest BCUT2D eigenvalue weighted by Gasteiger charge is 2.17. The molecule has 0 aliphatic carbocycles. The molecule has 0 radical (unpaired) electrons. The lowest BCUT2D eigenvalue weighted by Gasteiger charge is -2.10. The molecule has 3 aromatic carbocycles. The zero-order valence-corrected chi connectivity index (χ0v) is 20.1. The fraction of sp³-hybridized carbons (Fsp3) is 0.0417. The Morgan fingerprint density at radius 1 is 0.865 bits per heavy atom. The van der Waals surface area contributed by atoms with Gasteiger partial charge in [-0.25, -0.2) is 0 Å². The lowest BCUT2D eigenvalue weighted by Crippen LogP contribution is -2.11. The number of carbonyl (C=O) groups is 1. The van der Waals surface area contributed by atoms with Crippen LogP contribution in [0.25, 0.3) is 0 Å². The molecule has 0 saturated carbocycles. The summed E-state index contributed by atoms with van der Waals surface area (Å²) in [4.78, 5) is 33.7. The maximum Gasteiger partial charge on any atom is 0.291 e. The van der Waals surface area contributed by atoms with E-state index in [-0.39, 0.29) is 46.0 Å². The molecule has 4 aromatic rings. The van der Waals surface area contributed by atoms with Gasteiger partial charge in [0.2, 0.25) is 0 Å². The molecule has 0 unspecified atom stereocenters. The first-order chi connectivity index (χ1) is 17.7. The number of nitrogens with one attached hydrogen (secondary N) is 1. The second-order valence-electron chi connectivity index (χ2n) is 7.41. The Bertz CT molecular complexity index is 1490. The first-order valence-corrected chi connectivity index (χ1v) is 11.1. The number of amides is 1. The highest BCUT2D eigenvalue weighted by atomic mass is 35.5. The normalized spacial score (nSPS) is 10.5. The lowest BCUT2D eigenvalue weighted by atomic mass is 10.2. The topological polar surface area (TPSA) is 147 Å². The zero-order chi connectivity index (χ0) is 26.5. The minimum atomic E-state index is -0.669. The van der Waals surface area contributed by atoms with Crippen LogP contribution in [0.1, 0.15) is 16.3 Å². The van der Waals surface area contributed by atoms with Crippen LogP contribution in [0.5, 0.6) is 17.2 Å². The van der Waals surface area contributed by atoms with E-state index in [1.807, 2.05) is 0 Å². The van der Waals surface area contributed by atoms with Crippen LogP contribution in [-0.4, -0.2) is 15.8 Å². The van der Waals surface area contributed by atoms with Gasteiger partial charge in [-0.05, 0) is 42.5 Å². The Hall–Kier alpha value is -4.61. The van der Waals surface area contributed by atoms with Crippen molar-refractivity contribution in [3.63, 3.8) is 0 Å². The van der Waals surface area contributed by atoms with Crippen LogP contribution in [0, 0.1) is 20.2 Å². The van der Waals surface area contributed by atoms with Gasteiger partial charge in [-0.3, -0.25) is 25.0 Å². The molecule has 0 bridgehead atoms. The summed E-state index contributed by atoms with van der Waals surface area (Å²) in [7, 11) is 0. The van der Waals surface area contributed by atoms with Crippen molar-refractivity contribution in [1.29, 1.82) is 0 Å². The molecular weight excluding hydrogens is 529 g/mol. The summed E-state index contributed by atoms with van der Waals surface area (Å²) in [6.07, 6.45) is 0. The van der Waals surface area contributed by atoms with Gasteiger partial charge < -0.3 is 19.2 Å². The molecule has 0 aliphatic rings. The van der Waals surface area contributed by atoms with Crippen molar-refractivity contribution in [3.8, 4) is 17.2 Å². The van der Waals surface area contributed by atoms with Crippen molar-refractivity contribution in [2.24, 2.45) is 0 Å². The molecule has 1 N–H and O–H groups in total. The van der Waals surface area contributed by atoms with Crippen LogP contribution in [0.2, 0.25) is 10.0 Å². The highest BCUT2D eigenvalue weighted by Crippen LogP contribution is 2.34. The first-order valence-electron chi connectivity index (χ1n) is 10.4. The minimum Gasteiger partial charge on any atom is -0.486 e. The van der Waals surface area contributed by atoms with Crippen molar-refractivity contribution >= 4 is 46.2 Å². The van der Waals surface area contributed by atoms with Gasteiger partial charge in [0.05, 0.1) is 26.6 Å². The monoisotopic (exact) mass is 543 g/mol. The van der Waals surface area contributed by atoms with Gasteiger partial charge in [-0.2, -0.15) is 0 Å². The summed E-state index contributed by atoms with van der Waals surface area (Å²) in [5.74, 6) is 0.217. The number of nitrogens with zero attached hydrogens (tertiary/aromatic N) is 2. The summed E-state index contributed by atoms with van der Waals surface area (Å²) < 4.78 is 16.7. The van der Waals surface area contributed by atoms with Crippen molar-refractivity contribution in [2.75, 3.05) is 5.32 Å². The van der Waals surface area contributed by atoms with Crippen molar-refractivity contribution in [2.45, 2.75) is 6.61 Å². The summed E-state index contributed by atoms with van der Waals surface area (Å²) in [5.41, 5.74) is -0.316. The van der Waals surface area contributed by atoms with E-state index in [9.17, 15) is 25.0 Å². The fourth-order valence-corrected chi connectivity index (χ4v) is 3.54. The molecule has 1 heterocycles. The van der Waals surface area contributed by atoms with Crippen LogP contribution in [-0.2, 0) is 6.61 Å². The molecule has 4 rings (SSSR count). The molecule has 13 heteroatoms. The summed E-state index contributed by atoms with van der Waals surface area (Å²) in [5, 5.41) is 25.2. The van der Waals surface area contributed by atoms with E-state index in [1.165, 1.54) is 60.7 Å². The van der Waals surface area contributed by atoms with E-state index in [2.05, 4.69) is 5.32 Å². The van der Waals surface area contributed by atoms with E-state index in [0.29, 0.717) is 16.5 Å². The van der Waals surface area contributed by atoms with Gasteiger partial charge in [-0.1, -0.05) is 23.2 Å². The smallest absolute Gasteiger partial charge is 0.291 e. The van der Waals surface area contributed by atoms with Crippen molar-refractivity contribution < 1.29 is 28.5 Å². The van der Waals surface area contributed by atoms with E-state index >= 15 is 0 Å². The van der Waals surface area contributed by atoms with Crippen LogP contribution >= 0.6 is 23.2 Å². The molecule has 188 valence electrons. The molecule has 0 aliphatic heterocycles. The third kappa shape index (κ3) is 6.54. The van der Waals surface area contributed by atoms with E-state index < -0.39 is 15.8 Å². The standard InChI is InChI=1S/C24H15Cl2N3O8/c25-14-1-7-22(21(26)9-14)37-20-11-15(10-17(12-20)29(33)34)27-24(30)23-8-6-19(36-23)13-35-18-4-2-16(3-5-18)28(31)32/h1-12H,13H2,(H,27,30). The number of halogens is 2. The molecule has 37 heavy (non-hydrogen) atoms.